The molecule has 0 atom stereocenters. The fraction of sp³-hybridized carbons (Fsp3) is 0.417. The Morgan fingerprint density at radius 3 is 2.88 bits per heavy atom. The molecule has 0 amide bonds. The molecular weight excluding hydrogens is 363 g/mol. The molecular formula is C12H13IN2S2. The van der Waals surface area contributed by atoms with E-state index in [1.54, 1.807) is 0 Å². The van der Waals surface area contributed by atoms with Crippen molar-refractivity contribution in [3.63, 3.8) is 0 Å². The number of aromatic nitrogens is 2. The second-order valence-corrected chi connectivity index (χ2v) is 7.16. The summed E-state index contributed by atoms with van der Waals surface area (Å²) in [6.45, 7) is 0. The summed E-state index contributed by atoms with van der Waals surface area (Å²) in [5, 5.41) is 0. The quantitative estimate of drug-likeness (QED) is 0.589. The second-order valence-electron chi connectivity index (χ2n) is 4.31. The van der Waals surface area contributed by atoms with Crippen LogP contribution in [0.1, 0.15) is 18.9 Å². The van der Waals surface area contributed by atoms with Gasteiger partial charge in [0.1, 0.15) is 0 Å². The van der Waals surface area contributed by atoms with E-state index in [0.29, 0.717) is 6.04 Å². The molecule has 0 radical (unpaired) electrons. The summed E-state index contributed by atoms with van der Waals surface area (Å²) in [4.78, 5) is 3.33. The third kappa shape index (κ3) is 2.29. The minimum atomic E-state index is 0.581. The van der Waals surface area contributed by atoms with E-state index < -0.39 is 0 Å². The summed E-state index contributed by atoms with van der Waals surface area (Å²) in [7, 11) is 0. The van der Waals surface area contributed by atoms with Crippen LogP contribution in [0.15, 0.2) is 18.2 Å². The molecule has 1 N–H and O–H groups in total. The minimum Gasteiger partial charge on any atom is -0.331 e. The Morgan fingerprint density at radius 1 is 1.35 bits per heavy atom. The molecule has 0 unspecified atom stereocenters. The number of halogens is 1. The maximum atomic E-state index is 5.48. The topological polar surface area (TPSA) is 20.7 Å². The normalized spacial score (nSPS) is 17.7. The monoisotopic (exact) mass is 376 g/mol. The molecule has 90 valence electrons. The maximum absolute atomic E-state index is 5.48. The van der Waals surface area contributed by atoms with Crippen LogP contribution in [0.5, 0.6) is 0 Å². The van der Waals surface area contributed by atoms with E-state index in [4.69, 9.17) is 12.2 Å². The van der Waals surface area contributed by atoms with Gasteiger partial charge in [-0.2, -0.15) is 11.8 Å². The van der Waals surface area contributed by atoms with Crippen LogP contribution in [0.4, 0.5) is 0 Å². The van der Waals surface area contributed by atoms with E-state index >= 15 is 0 Å². The zero-order valence-electron chi connectivity index (χ0n) is 9.28. The van der Waals surface area contributed by atoms with Crippen molar-refractivity contribution < 1.29 is 0 Å². The van der Waals surface area contributed by atoms with Gasteiger partial charge in [0, 0.05) is 9.61 Å². The van der Waals surface area contributed by atoms with E-state index in [2.05, 4.69) is 62.1 Å². The fourth-order valence-electron chi connectivity index (χ4n) is 2.41. The number of imidazole rings is 1. The molecule has 2 heterocycles. The molecule has 1 saturated heterocycles. The molecule has 17 heavy (non-hydrogen) atoms. The first-order valence-corrected chi connectivity index (χ1v) is 8.37. The number of benzene rings is 1. The van der Waals surface area contributed by atoms with Gasteiger partial charge in [-0.15, -0.1) is 0 Å². The smallest absolute Gasteiger partial charge is 0.178 e. The number of rotatable bonds is 1. The van der Waals surface area contributed by atoms with Gasteiger partial charge in [0.25, 0.3) is 0 Å². The summed E-state index contributed by atoms with van der Waals surface area (Å²) in [6, 6.07) is 7.09. The third-order valence-corrected chi connectivity index (χ3v) is 5.25. The molecule has 2 aromatic rings. The van der Waals surface area contributed by atoms with Crippen LogP contribution < -0.4 is 0 Å². The number of nitrogens with one attached hydrogen (secondary N) is 1. The Balaban J connectivity index is 2.14. The molecule has 1 aliphatic rings. The molecule has 0 spiro atoms. The number of fused-ring (bicyclic) bond motifs is 1. The van der Waals surface area contributed by atoms with Crippen LogP contribution in [-0.4, -0.2) is 21.1 Å². The van der Waals surface area contributed by atoms with Crippen molar-refractivity contribution in [2.45, 2.75) is 18.9 Å². The predicted molar refractivity (Wildman–Crippen MR) is 85.4 cm³/mol. The van der Waals surface area contributed by atoms with Crippen LogP contribution in [-0.2, 0) is 0 Å². The average molecular weight is 376 g/mol. The van der Waals surface area contributed by atoms with Crippen LogP contribution in [0, 0.1) is 8.34 Å². The van der Waals surface area contributed by atoms with Gasteiger partial charge in [-0.25, -0.2) is 0 Å². The molecule has 1 aromatic carbocycles. The summed E-state index contributed by atoms with van der Waals surface area (Å²) < 4.78 is 4.44. The Morgan fingerprint density at radius 2 is 2.12 bits per heavy atom. The van der Waals surface area contributed by atoms with Gasteiger partial charge in [0.05, 0.1) is 11.0 Å². The summed E-state index contributed by atoms with van der Waals surface area (Å²) in [6.07, 6.45) is 2.47. The highest BCUT2D eigenvalue weighted by molar-refractivity contribution is 14.1. The number of H-pyrrole nitrogens is 1. The lowest BCUT2D eigenvalue weighted by Gasteiger charge is -2.23. The van der Waals surface area contributed by atoms with E-state index in [-0.39, 0.29) is 0 Å². The number of thioether (sulfide) groups is 1. The lowest BCUT2D eigenvalue weighted by Crippen LogP contribution is -2.15. The molecule has 2 nitrogen and oxygen atoms in total. The standard InChI is InChI=1S/C12H13IN2S2/c13-8-1-2-11-10(7-8)14-12(16)15(11)9-3-5-17-6-4-9/h1-2,7,9H,3-6H2,(H,14,16). The zero-order valence-corrected chi connectivity index (χ0v) is 13.1. The van der Waals surface area contributed by atoms with Crippen molar-refractivity contribution in [1.82, 2.24) is 9.55 Å². The molecule has 3 rings (SSSR count). The Bertz CT molecular complexity index is 596. The van der Waals surface area contributed by atoms with Gasteiger partial charge in [-0.1, -0.05) is 0 Å². The van der Waals surface area contributed by atoms with Gasteiger partial charge in [0.2, 0.25) is 0 Å². The van der Waals surface area contributed by atoms with Crippen molar-refractivity contribution in [2.24, 2.45) is 0 Å². The number of hydrogen-bond acceptors (Lipinski definition) is 2. The van der Waals surface area contributed by atoms with E-state index in [1.165, 1.54) is 39.0 Å². The Kier molecular flexibility index (Phi) is 3.49. The highest BCUT2D eigenvalue weighted by atomic mass is 127. The average Bonchev–Trinajstić information content (AvgIpc) is 2.65. The maximum Gasteiger partial charge on any atom is 0.178 e. The molecule has 5 heteroatoms. The van der Waals surface area contributed by atoms with Crippen molar-refractivity contribution >= 4 is 57.6 Å². The fourth-order valence-corrected chi connectivity index (χ4v) is 4.34. The van der Waals surface area contributed by atoms with E-state index in [1.807, 2.05) is 0 Å². The molecule has 1 fully saturated rings. The summed E-state index contributed by atoms with van der Waals surface area (Å²) >= 11 is 9.86. The number of nitrogens with zero attached hydrogens (tertiary/aromatic N) is 1. The third-order valence-electron chi connectivity index (χ3n) is 3.23. The second kappa shape index (κ2) is 4.93. The van der Waals surface area contributed by atoms with Crippen LogP contribution in [0.25, 0.3) is 11.0 Å². The van der Waals surface area contributed by atoms with Crippen LogP contribution >= 0.6 is 46.6 Å². The molecule has 0 aliphatic carbocycles. The highest BCUT2D eigenvalue weighted by Gasteiger charge is 2.18. The number of aromatic amines is 1. The van der Waals surface area contributed by atoms with Gasteiger partial charge in [-0.3, -0.25) is 0 Å². The van der Waals surface area contributed by atoms with E-state index in [9.17, 15) is 0 Å². The van der Waals surface area contributed by atoms with Gasteiger partial charge in [-0.05, 0) is 77.4 Å². The first-order valence-electron chi connectivity index (χ1n) is 5.73. The molecule has 1 aliphatic heterocycles. The lowest BCUT2D eigenvalue weighted by atomic mass is 10.1. The predicted octanol–water partition coefficient (Wildman–Crippen LogP) is 4.37. The lowest BCUT2D eigenvalue weighted by molar-refractivity contribution is 0.476. The van der Waals surface area contributed by atoms with Crippen LogP contribution in [0.3, 0.4) is 0 Å². The largest absolute Gasteiger partial charge is 0.331 e. The molecule has 0 bridgehead atoms. The van der Waals surface area contributed by atoms with E-state index in [0.717, 1.165) is 4.77 Å². The summed E-state index contributed by atoms with van der Waals surface area (Å²) in [5.74, 6) is 2.51. The number of hydrogen-bond donors (Lipinski definition) is 1. The first kappa shape index (κ1) is 12.0. The van der Waals surface area contributed by atoms with Crippen LogP contribution in [0.2, 0.25) is 0 Å². The highest BCUT2D eigenvalue weighted by Crippen LogP contribution is 2.30. The zero-order chi connectivity index (χ0) is 11.8. The van der Waals surface area contributed by atoms with Gasteiger partial charge >= 0.3 is 0 Å². The van der Waals surface area contributed by atoms with Crippen molar-refractivity contribution in [2.75, 3.05) is 11.5 Å². The van der Waals surface area contributed by atoms with Gasteiger partial charge < -0.3 is 9.55 Å². The first-order chi connectivity index (χ1) is 8.25. The van der Waals surface area contributed by atoms with Crippen molar-refractivity contribution in [3.8, 4) is 0 Å². The SMILES string of the molecule is S=c1[nH]c2cc(I)ccc2n1C1CCSCC1. The Labute approximate surface area is 123 Å². The van der Waals surface area contributed by atoms with Crippen molar-refractivity contribution in [3.05, 3.63) is 26.5 Å². The summed E-state index contributed by atoms with van der Waals surface area (Å²) in [5.41, 5.74) is 2.42. The van der Waals surface area contributed by atoms with Crippen molar-refractivity contribution in [1.29, 1.82) is 0 Å². The molecule has 1 aromatic heterocycles. The minimum absolute atomic E-state index is 0.581. The Hall–Kier alpha value is -0.0100. The molecule has 0 saturated carbocycles. The van der Waals surface area contributed by atoms with Gasteiger partial charge in [0.15, 0.2) is 4.77 Å².